The molecule has 2 unspecified atom stereocenters. The van der Waals surface area contributed by atoms with Crippen LogP contribution in [0.5, 0.6) is 5.75 Å². The maximum Gasteiger partial charge on any atom is 0.124 e. The van der Waals surface area contributed by atoms with Crippen molar-refractivity contribution >= 4 is 11.8 Å². The van der Waals surface area contributed by atoms with E-state index in [0.717, 1.165) is 29.9 Å². The summed E-state index contributed by atoms with van der Waals surface area (Å²) >= 11 is 1.86. The Hall–Kier alpha value is -0.670. The van der Waals surface area contributed by atoms with E-state index in [9.17, 15) is 0 Å². The summed E-state index contributed by atoms with van der Waals surface area (Å²) in [5.41, 5.74) is 7.27. The Kier molecular flexibility index (Phi) is 3.54. The molecule has 0 amide bonds. The average Bonchev–Trinajstić information content (AvgIpc) is 2.26. The highest BCUT2D eigenvalue weighted by molar-refractivity contribution is 7.98. The van der Waals surface area contributed by atoms with E-state index in [0.29, 0.717) is 6.10 Å². The van der Waals surface area contributed by atoms with Crippen LogP contribution in [0.3, 0.4) is 0 Å². The number of rotatable bonds is 3. The van der Waals surface area contributed by atoms with Gasteiger partial charge in [0.1, 0.15) is 11.9 Å². The minimum Gasteiger partial charge on any atom is -0.490 e. The molecule has 82 valence electrons. The van der Waals surface area contributed by atoms with Crippen LogP contribution in [0.2, 0.25) is 0 Å². The Bertz CT molecular complexity index is 329. The second-order valence-electron chi connectivity index (χ2n) is 3.90. The van der Waals surface area contributed by atoms with Gasteiger partial charge < -0.3 is 10.5 Å². The van der Waals surface area contributed by atoms with E-state index in [1.165, 1.54) is 0 Å². The zero-order chi connectivity index (χ0) is 10.7. The Morgan fingerprint density at radius 2 is 2.27 bits per heavy atom. The maximum absolute atomic E-state index is 6.12. The molecule has 1 aliphatic rings. The van der Waals surface area contributed by atoms with Crippen molar-refractivity contribution in [1.29, 1.82) is 0 Å². The van der Waals surface area contributed by atoms with Gasteiger partial charge in [0, 0.05) is 18.0 Å². The summed E-state index contributed by atoms with van der Waals surface area (Å²) in [4.78, 5) is 0. The van der Waals surface area contributed by atoms with E-state index < -0.39 is 0 Å². The van der Waals surface area contributed by atoms with Gasteiger partial charge in [-0.15, -0.1) is 0 Å². The molecule has 0 aliphatic carbocycles. The number of nitrogens with two attached hydrogens (primary N) is 1. The predicted octanol–water partition coefficient (Wildman–Crippen LogP) is 2.59. The number of para-hydroxylation sites is 1. The summed E-state index contributed by atoms with van der Waals surface area (Å²) < 4.78 is 5.91. The highest BCUT2D eigenvalue weighted by Crippen LogP contribution is 2.34. The molecule has 15 heavy (non-hydrogen) atoms. The molecule has 0 spiro atoms. The summed E-state index contributed by atoms with van der Waals surface area (Å²) in [7, 11) is 0. The lowest BCUT2D eigenvalue weighted by Crippen LogP contribution is -2.29. The first-order valence-corrected chi connectivity index (χ1v) is 6.70. The van der Waals surface area contributed by atoms with Gasteiger partial charge in [0.2, 0.25) is 0 Å². The van der Waals surface area contributed by atoms with Crippen LogP contribution in [0.4, 0.5) is 0 Å². The van der Waals surface area contributed by atoms with Crippen LogP contribution >= 0.6 is 11.8 Å². The van der Waals surface area contributed by atoms with Crippen molar-refractivity contribution in [2.45, 2.75) is 25.0 Å². The van der Waals surface area contributed by atoms with Crippen molar-refractivity contribution in [1.82, 2.24) is 0 Å². The molecule has 2 rings (SSSR count). The van der Waals surface area contributed by atoms with Gasteiger partial charge >= 0.3 is 0 Å². The fourth-order valence-electron chi connectivity index (χ4n) is 1.96. The molecular formula is C12H17NOS. The SMILES string of the molecule is CSCCC1CC(N)c2ccccc2O1. The van der Waals surface area contributed by atoms with E-state index in [2.05, 4.69) is 12.3 Å². The van der Waals surface area contributed by atoms with Gasteiger partial charge in [0.25, 0.3) is 0 Å². The lowest BCUT2D eigenvalue weighted by molar-refractivity contribution is 0.156. The van der Waals surface area contributed by atoms with Crippen molar-refractivity contribution in [2.75, 3.05) is 12.0 Å². The van der Waals surface area contributed by atoms with Crippen LogP contribution in [-0.4, -0.2) is 18.1 Å². The first-order chi connectivity index (χ1) is 7.31. The molecule has 3 heteroatoms. The molecule has 0 saturated carbocycles. The summed E-state index contributed by atoms with van der Waals surface area (Å²) in [5, 5.41) is 0. The summed E-state index contributed by atoms with van der Waals surface area (Å²) in [6, 6.07) is 8.24. The molecule has 0 saturated heterocycles. The average molecular weight is 223 g/mol. The monoisotopic (exact) mass is 223 g/mol. The topological polar surface area (TPSA) is 35.2 Å². The number of thioether (sulfide) groups is 1. The molecule has 0 fully saturated rings. The molecule has 1 aromatic carbocycles. The van der Waals surface area contributed by atoms with Crippen molar-refractivity contribution in [3.05, 3.63) is 29.8 Å². The van der Waals surface area contributed by atoms with Gasteiger partial charge in [-0.3, -0.25) is 0 Å². The first-order valence-electron chi connectivity index (χ1n) is 5.31. The second-order valence-corrected chi connectivity index (χ2v) is 4.89. The maximum atomic E-state index is 6.12. The smallest absolute Gasteiger partial charge is 0.124 e. The Morgan fingerprint density at radius 3 is 3.07 bits per heavy atom. The third kappa shape index (κ3) is 2.47. The van der Waals surface area contributed by atoms with Crippen LogP contribution in [0.1, 0.15) is 24.4 Å². The van der Waals surface area contributed by atoms with Gasteiger partial charge in [0.05, 0.1) is 0 Å². The predicted molar refractivity (Wildman–Crippen MR) is 65.4 cm³/mol. The third-order valence-corrected chi connectivity index (χ3v) is 3.42. The molecule has 0 bridgehead atoms. The van der Waals surface area contributed by atoms with E-state index >= 15 is 0 Å². The number of benzene rings is 1. The van der Waals surface area contributed by atoms with Gasteiger partial charge in [-0.25, -0.2) is 0 Å². The summed E-state index contributed by atoms with van der Waals surface area (Å²) in [6.07, 6.45) is 4.44. The van der Waals surface area contributed by atoms with Gasteiger partial charge in [-0.1, -0.05) is 18.2 Å². The van der Waals surface area contributed by atoms with Crippen molar-refractivity contribution in [3.8, 4) is 5.75 Å². The third-order valence-electron chi connectivity index (χ3n) is 2.77. The van der Waals surface area contributed by atoms with Crippen LogP contribution in [0.25, 0.3) is 0 Å². The minimum atomic E-state index is 0.141. The van der Waals surface area contributed by atoms with Gasteiger partial charge in [-0.2, -0.15) is 11.8 Å². The highest BCUT2D eigenvalue weighted by Gasteiger charge is 2.24. The highest BCUT2D eigenvalue weighted by atomic mass is 32.2. The zero-order valence-electron chi connectivity index (χ0n) is 8.98. The van der Waals surface area contributed by atoms with Crippen LogP contribution in [0.15, 0.2) is 24.3 Å². The fraction of sp³-hybridized carbons (Fsp3) is 0.500. The van der Waals surface area contributed by atoms with Crippen LogP contribution < -0.4 is 10.5 Å². The van der Waals surface area contributed by atoms with E-state index in [-0.39, 0.29) is 6.04 Å². The van der Waals surface area contributed by atoms with E-state index in [4.69, 9.17) is 10.5 Å². The quantitative estimate of drug-likeness (QED) is 0.855. The number of hydrogen-bond donors (Lipinski definition) is 1. The van der Waals surface area contributed by atoms with Crippen molar-refractivity contribution in [2.24, 2.45) is 5.73 Å². The second kappa shape index (κ2) is 4.90. The number of ether oxygens (including phenoxy) is 1. The van der Waals surface area contributed by atoms with Crippen LogP contribution in [-0.2, 0) is 0 Å². The molecule has 1 aliphatic heterocycles. The normalized spacial score (nSPS) is 24.4. The molecule has 2 nitrogen and oxygen atoms in total. The standard InChI is InChI=1S/C12H17NOS/c1-15-7-6-9-8-11(13)10-4-2-3-5-12(10)14-9/h2-5,9,11H,6-8,13H2,1H3. The lowest BCUT2D eigenvalue weighted by Gasteiger charge is -2.30. The Morgan fingerprint density at radius 1 is 1.47 bits per heavy atom. The van der Waals surface area contributed by atoms with E-state index in [1.807, 2.05) is 30.0 Å². The number of hydrogen-bond acceptors (Lipinski definition) is 3. The molecule has 0 radical (unpaired) electrons. The van der Waals surface area contributed by atoms with Crippen LogP contribution in [0, 0.1) is 0 Å². The van der Waals surface area contributed by atoms with Crippen molar-refractivity contribution < 1.29 is 4.74 Å². The van der Waals surface area contributed by atoms with Gasteiger partial charge in [0.15, 0.2) is 0 Å². The lowest BCUT2D eigenvalue weighted by atomic mass is 9.96. The minimum absolute atomic E-state index is 0.141. The molecule has 2 atom stereocenters. The van der Waals surface area contributed by atoms with Gasteiger partial charge in [-0.05, 0) is 24.5 Å². The Labute approximate surface area is 95.2 Å². The summed E-state index contributed by atoms with van der Waals surface area (Å²) in [6.45, 7) is 0. The fourth-order valence-corrected chi connectivity index (χ4v) is 2.46. The molecule has 0 aromatic heterocycles. The molecule has 1 heterocycles. The first kappa shape index (κ1) is 10.8. The Balaban J connectivity index is 2.08. The zero-order valence-corrected chi connectivity index (χ0v) is 9.80. The number of fused-ring (bicyclic) bond motifs is 1. The largest absolute Gasteiger partial charge is 0.490 e. The summed E-state index contributed by atoms with van der Waals surface area (Å²) in [5.74, 6) is 2.11. The van der Waals surface area contributed by atoms with Crippen molar-refractivity contribution in [3.63, 3.8) is 0 Å². The van der Waals surface area contributed by atoms with E-state index in [1.54, 1.807) is 0 Å². The molecule has 1 aromatic rings. The molecular weight excluding hydrogens is 206 g/mol. The molecule has 2 N–H and O–H groups in total.